The number of nitrogens with zero attached hydrogens (tertiary/aromatic N) is 2. The minimum absolute atomic E-state index is 0.0914. The van der Waals surface area contributed by atoms with Gasteiger partial charge in [0.2, 0.25) is 0 Å². The van der Waals surface area contributed by atoms with Crippen LogP contribution in [-0.4, -0.2) is 36.0 Å². The van der Waals surface area contributed by atoms with Gasteiger partial charge in [0.05, 0.1) is 22.8 Å². The van der Waals surface area contributed by atoms with Crippen LogP contribution in [-0.2, 0) is 9.84 Å². The van der Waals surface area contributed by atoms with Crippen LogP contribution in [0.25, 0.3) is 0 Å². The number of aromatic nitrogens is 2. The fourth-order valence-electron chi connectivity index (χ4n) is 2.26. The van der Waals surface area contributed by atoms with Crippen molar-refractivity contribution >= 4 is 16.1 Å². The Labute approximate surface area is 107 Å². The summed E-state index contributed by atoms with van der Waals surface area (Å²) in [6, 6.07) is 0.199. The van der Waals surface area contributed by atoms with Crippen LogP contribution < -0.4 is 0 Å². The third-order valence-electron chi connectivity index (χ3n) is 3.39. The van der Waals surface area contributed by atoms with Gasteiger partial charge in [0.1, 0.15) is 9.84 Å². The highest BCUT2D eigenvalue weighted by Crippen LogP contribution is 2.30. The van der Waals surface area contributed by atoms with Gasteiger partial charge in [-0.15, -0.1) is 0 Å². The van der Waals surface area contributed by atoms with Gasteiger partial charge in [0, 0.05) is 18.2 Å². The van der Waals surface area contributed by atoms with Crippen molar-refractivity contribution in [1.82, 2.24) is 9.78 Å². The lowest BCUT2D eigenvalue weighted by Crippen LogP contribution is -2.23. The third-order valence-corrected chi connectivity index (χ3v) is 5.10. The van der Waals surface area contributed by atoms with Crippen molar-refractivity contribution < 1.29 is 13.2 Å². The lowest BCUT2D eigenvalue weighted by Gasteiger charge is -2.20. The molecule has 1 aliphatic heterocycles. The zero-order chi connectivity index (χ0) is 13.3. The summed E-state index contributed by atoms with van der Waals surface area (Å²) in [7, 11) is -2.88. The van der Waals surface area contributed by atoms with Gasteiger partial charge in [0.15, 0.2) is 6.29 Å². The molecule has 1 saturated heterocycles. The zero-order valence-corrected chi connectivity index (χ0v) is 11.5. The van der Waals surface area contributed by atoms with Gasteiger partial charge < -0.3 is 0 Å². The molecule has 0 aromatic carbocycles. The molecule has 2 rings (SSSR count). The first kappa shape index (κ1) is 13.3. The smallest absolute Gasteiger partial charge is 0.153 e. The molecule has 1 aliphatic rings. The van der Waals surface area contributed by atoms with Crippen molar-refractivity contribution in [2.75, 3.05) is 11.5 Å². The summed E-state index contributed by atoms with van der Waals surface area (Å²) >= 11 is 0. The van der Waals surface area contributed by atoms with Gasteiger partial charge in [-0.1, -0.05) is 0 Å². The van der Waals surface area contributed by atoms with E-state index in [-0.39, 0.29) is 23.5 Å². The summed E-state index contributed by atoms with van der Waals surface area (Å²) < 4.78 is 24.6. The molecular formula is C12H18N2O3S. The van der Waals surface area contributed by atoms with Crippen LogP contribution in [0.2, 0.25) is 0 Å². The first-order valence-electron chi connectivity index (χ1n) is 6.17. The van der Waals surface area contributed by atoms with E-state index in [0.717, 1.165) is 12.0 Å². The Kier molecular flexibility index (Phi) is 3.56. The molecule has 6 heteroatoms. The minimum Gasteiger partial charge on any atom is -0.298 e. The maximum absolute atomic E-state index is 11.4. The van der Waals surface area contributed by atoms with Gasteiger partial charge in [-0.2, -0.15) is 5.10 Å². The van der Waals surface area contributed by atoms with Crippen molar-refractivity contribution in [1.29, 1.82) is 0 Å². The van der Waals surface area contributed by atoms with E-state index < -0.39 is 9.84 Å². The molecule has 0 N–H and O–H groups in total. The standard InChI is InChI=1S/C12H18N2O3S/c1-9(2)14-7-11(8-15)12(13-14)10-3-5-18(16,17)6-4-10/h7-10H,3-6H2,1-2H3. The summed E-state index contributed by atoms with van der Waals surface area (Å²) in [6.45, 7) is 3.99. The number of carbonyl (C=O) groups is 1. The minimum atomic E-state index is -2.88. The van der Waals surface area contributed by atoms with Gasteiger partial charge in [0.25, 0.3) is 0 Å². The largest absolute Gasteiger partial charge is 0.298 e. The molecule has 18 heavy (non-hydrogen) atoms. The quantitative estimate of drug-likeness (QED) is 0.782. The second-order valence-corrected chi connectivity index (χ2v) is 7.39. The Bertz CT molecular complexity index is 532. The summed E-state index contributed by atoms with van der Waals surface area (Å²) in [5.41, 5.74) is 1.35. The Morgan fingerprint density at radius 3 is 2.50 bits per heavy atom. The number of hydrogen-bond acceptors (Lipinski definition) is 4. The first-order chi connectivity index (χ1) is 8.43. The fourth-order valence-corrected chi connectivity index (χ4v) is 3.75. The predicted molar refractivity (Wildman–Crippen MR) is 68.6 cm³/mol. The van der Waals surface area contributed by atoms with Gasteiger partial charge in [-0.05, 0) is 26.7 Å². The molecule has 0 bridgehead atoms. The van der Waals surface area contributed by atoms with E-state index in [9.17, 15) is 13.2 Å². The Morgan fingerprint density at radius 1 is 1.39 bits per heavy atom. The van der Waals surface area contributed by atoms with Crippen LogP contribution in [0.3, 0.4) is 0 Å². The molecule has 1 fully saturated rings. The molecule has 1 aromatic rings. The average Bonchev–Trinajstić information content (AvgIpc) is 2.73. The Morgan fingerprint density at radius 2 is 2.00 bits per heavy atom. The molecule has 0 spiro atoms. The maximum Gasteiger partial charge on any atom is 0.153 e. The average molecular weight is 270 g/mol. The monoisotopic (exact) mass is 270 g/mol. The van der Waals surface area contributed by atoms with Crippen molar-refractivity contribution in [3.05, 3.63) is 17.5 Å². The van der Waals surface area contributed by atoms with Crippen LogP contribution in [0.5, 0.6) is 0 Å². The molecule has 0 saturated carbocycles. The lowest BCUT2D eigenvalue weighted by molar-refractivity contribution is 0.112. The maximum atomic E-state index is 11.4. The molecule has 0 amide bonds. The Hall–Kier alpha value is -1.17. The van der Waals surface area contributed by atoms with E-state index >= 15 is 0 Å². The second-order valence-electron chi connectivity index (χ2n) is 5.09. The summed E-state index contributed by atoms with van der Waals surface area (Å²) in [4.78, 5) is 11.1. The molecule has 0 unspecified atom stereocenters. The molecule has 0 aliphatic carbocycles. The van der Waals surface area contributed by atoms with Crippen molar-refractivity contribution in [3.63, 3.8) is 0 Å². The summed E-state index contributed by atoms with van der Waals surface area (Å²) in [6.07, 6.45) is 3.69. The van der Waals surface area contributed by atoms with E-state index in [4.69, 9.17) is 0 Å². The van der Waals surface area contributed by atoms with Crippen molar-refractivity contribution in [2.24, 2.45) is 0 Å². The number of hydrogen-bond donors (Lipinski definition) is 0. The number of sulfone groups is 1. The highest BCUT2D eigenvalue weighted by atomic mass is 32.2. The molecular weight excluding hydrogens is 252 g/mol. The number of carbonyl (C=O) groups excluding carboxylic acids is 1. The highest BCUT2D eigenvalue weighted by Gasteiger charge is 2.28. The summed E-state index contributed by atoms with van der Waals surface area (Å²) in [5.74, 6) is 0.489. The number of aldehydes is 1. The van der Waals surface area contributed by atoms with Crippen LogP contribution >= 0.6 is 0 Å². The van der Waals surface area contributed by atoms with Crippen LogP contribution in [0.4, 0.5) is 0 Å². The molecule has 1 aromatic heterocycles. The second kappa shape index (κ2) is 4.84. The topological polar surface area (TPSA) is 69.0 Å². The van der Waals surface area contributed by atoms with Gasteiger partial charge in [-0.3, -0.25) is 9.48 Å². The normalized spacial score (nSPS) is 20.2. The molecule has 0 atom stereocenters. The molecule has 0 radical (unpaired) electrons. The van der Waals surface area contributed by atoms with Gasteiger partial charge >= 0.3 is 0 Å². The van der Waals surface area contributed by atoms with Gasteiger partial charge in [-0.25, -0.2) is 8.42 Å². The zero-order valence-electron chi connectivity index (χ0n) is 10.7. The lowest BCUT2D eigenvalue weighted by atomic mass is 9.96. The Balaban J connectivity index is 2.25. The van der Waals surface area contributed by atoms with Crippen LogP contribution in [0.15, 0.2) is 6.20 Å². The fraction of sp³-hybridized carbons (Fsp3) is 0.667. The first-order valence-corrected chi connectivity index (χ1v) is 7.99. The molecule has 5 nitrogen and oxygen atoms in total. The molecule has 2 heterocycles. The van der Waals surface area contributed by atoms with Crippen molar-refractivity contribution in [3.8, 4) is 0 Å². The molecule has 100 valence electrons. The highest BCUT2D eigenvalue weighted by molar-refractivity contribution is 7.91. The van der Waals surface area contributed by atoms with Crippen LogP contribution in [0, 0.1) is 0 Å². The summed E-state index contributed by atoms with van der Waals surface area (Å²) in [5, 5.41) is 4.44. The SMILES string of the molecule is CC(C)n1cc(C=O)c(C2CCS(=O)(=O)CC2)n1. The van der Waals surface area contributed by atoms with E-state index in [1.165, 1.54) is 0 Å². The van der Waals surface area contributed by atoms with Crippen LogP contribution in [0.1, 0.15) is 54.7 Å². The number of rotatable bonds is 3. The van der Waals surface area contributed by atoms with Crippen molar-refractivity contribution in [2.45, 2.75) is 38.6 Å². The predicted octanol–water partition coefficient (Wildman–Crippen LogP) is 1.57. The van der Waals surface area contributed by atoms with E-state index in [2.05, 4.69) is 5.10 Å². The third kappa shape index (κ3) is 2.63. The van der Waals surface area contributed by atoms with E-state index in [1.54, 1.807) is 10.9 Å². The van der Waals surface area contributed by atoms with E-state index in [1.807, 2.05) is 13.8 Å². The van der Waals surface area contributed by atoms with E-state index in [0.29, 0.717) is 18.4 Å².